The third-order valence-electron chi connectivity index (χ3n) is 4.12. The van der Waals surface area contributed by atoms with Crippen molar-refractivity contribution in [1.29, 1.82) is 0 Å². The number of methoxy groups -OCH3 is 3. The first-order valence-corrected chi connectivity index (χ1v) is 8.50. The molecular weight excluding hydrogens is 351 g/mol. The maximum Gasteiger partial charge on any atom is 0.317 e. The van der Waals surface area contributed by atoms with Gasteiger partial charge in [-0.1, -0.05) is 12.1 Å². The highest BCUT2D eigenvalue weighted by molar-refractivity contribution is 5.73. The topological polar surface area (TPSA) is 60.0 Å². The number of urea groups is 1. The van der Waals surface area contributed by atoms with Gasteiger partial charge in [0.05, 0.1) is 21.3 Å². The van der Waals surface area contributed by atoms with Crippen LogP contribution >= 0.6 is 0 Å². The number of amides is 2. The Kier molecular flexibility index (Phi) is 7.28. The van der Waals surface area contributed by atoms with Crippen LogP contribution in [-0.4, -0.2) is 45.9 Å². The minimum absolute atomic E-state index is 0.181. The van der Waals surface area contributed by atoms with Gasteiger partial charge in [0.2, 0.25) is 0 Å². The number of nitrogens with zero attached hydrogens (tertiary/aromatic N) is 1. The van der Waals surface area contributed by atoms with Crippen LogP contribution < -0.4 is 19.5 Å². The Morgan fingerprint density at radius 2 is 1.59 bits per heavy atom. The second kappa shape index (κ2) is 9.66. The van der Waals surface area contributed by atoms with Crippen molar-refractivity contribution in [2.45, 2.75) is 13.0 Å². The number of carbonyl (C=O) groups excluding carboxylic acids is 1. The van der Waals surface area contributed by atoms with E-state index in [9.17, 15) is 9.18 Å². The molecule has 27 heavy (non-hydrogen) atoms. The van der Waals surface area contributed by atoms with Gasteiger partial charge in [-0.25, -0.2) is 9.18 Å². The number of hydrogen-bond donors (Lipinski definition) is 1. The first-order chi connectivity index (χ1) is 13.0. The molecule has 1 N–H and O–H groups in total. The van der Waals surface area contributed by atoms with Gasteiger partial charge in [0.15, 0.2) is 23.1 Å². The van der Waals surface area contributed by atoms with Crippen LogP contribution in [0.4, 0.5) is 9.18 Å². The zero-order valence-electron chi connectivity index (χ0n) is 16.0. The van der Waals surface area contributed by atoms with Crippen LogP contribution in [-0.2, 0) is 13.0 Å². The molecule has 2 rings (SSSR count). The molecule has 0 unspecified atom stereocenters. The van der Waals surface area contributed by atoms with E-state index >= 15 is 0 Å². The molecule has 6 nitrogen and oxygen atoms in total. The Balaban J connectivity index is 1.85. The monoisotopic (exact) mass is 376 g/mol. The van der Waals surface area contributed by atoms with E-state index in [-0.39, 0.29) is 11.8 Å². The third-order valence-corrected chi connectivity index (χ3v) is 4.12. The summed E-state index contributed by atoms with van der Waals surface area (Å²) in [5, 5.41) is 2.85. The van der Waals surface area contributed by atoms with E-state index < -0.39 is 5.82 Å². The van der Waals surface area contributed by atoms with Crippen LogP contribution in [0.5, 0.6) is 17.2 Å². The van der Waals surface area contributed by atoms with Gasteiger partial charge >= 0.3 is 6.03 Å². The normalized spacial score (nSPS) is 10.3. The van der Waals surface area contributed by atoms with Crippen molar-refractivity contribution in [1.82, 2.24) is 10.2 Å². The van der Waals surface area contributed by atoms with E-state index in [0.717, 1.165) is 5.56 Å². The standard InChI is InChI=1S/C20H25FN2O4/c1-23(13-15-6-7-17(25-2)16(21)11-15)20(24)22-10-9-14-5-8-18(26-3)19(12-14)27-4/h5-8,11-12H,9-10,13H2,1-4H3,(H,22,24). The van der Waals surface area contributed by atoms with Crippen molar-refractivity contribution in [2.24, 2.45) is 0 Å². The molecule has 2 aromatic carbocycles. The molecule has 0 atom stereocenters. The minimum Gasteiger partial charge on any atom is -0.494 e. The third kappa shape index (κ3) is 5.51. The predicted molar refractivity (Wildman–Crippen MR) is 101 cm³/mol. The van der Waals surface area contributed by atoms with Crippen LogP contribution in [0.15, 0.2) is 36.4 Å². The zero-order chi connectivity index (χ0) is 19.8. The van der Waals surface area contributed by atoms with Crippen LogP contribution in [0, 0.1) is 5.82 Å². The highest BCUT2D eigenvalue weighted by Crippen LogP contribution is 2.27. The number of ether oxygens (including phenoxy) is 3. The van der Waals surface area contributed by atoms with Gasteiger partial charge < -0.3 is 24.4 Å². The lowest BCUT2D eigenvalue weighted by atomic mass is 10.1. The smallest absolute Gasteiger partial charge is 0.317 e. The summed E-state index contributed by atoms with van der Waals surface area (Å²) in [7, 11) is 6.24. The molecular formula is C20H25FN2O4. The summed E-state index contributed by atoms with van der Waals surface area (Å²) in [4.78, 5) is 13.7. The molecule has 2 amide bonds. The fraction of sp³-hybridized carbons (Fsp3) is 0.350. The van der Waals surface area contributed by atoms with Gasteiger partial charge in [0, 0.05) is 20.1 Å². The number of benzene rings is 2. The quantitative estimate of drug-likeness (QED) is 0.768. The van der Waals surface area contributed by atoms with E-state index in [1.54, 1.807) is 33.4 Å². The number of rotatable bonds is 8. The molecule has 0 heterocycles. The maximum absolute atomic E-state index is 13.7. The van der Waals surface area contributed by atoms with Crippen molar-refractivity contribution >= 4 is 6.03 Å². The highest BCUT2D eigenvalue weighted by Gasteiger charge is 2.11. The first kappa shape index (κ1) is 20.4. The average Bonchev–Trinajstić information content (AvgIpc) is 2.67. The van der Waals surface area contributed by atoms with Gasteiger partial charge in [-0.3, -0.25) is 0 Å². The van der Waals surface area contributed by atoms with Gasteiger partial charge in [0.25, 0.3) is 0 Å². The lowest BCUT2D eigenvalue weighted by molar-refractivity contribution is 0.207. The Morgan fingerprint density at radius 3 is 2.22 bits per heavy atom. The molecule has 0 spiro atoms. The number of carbonyl (C=O) groups is 1. The van der Waals surface area contributed by atoms with Gasteiger partial charge in [-0.2, -0.15) is 0 Å². The zero-order valence-corrected chi connectivity index (χ0v) is 16.0. The van der Waals surface area contributed by atoms with Gasteiger partial charge in [0.1, 0.15) is 0 Å². The van der Waals surface area contributed by atoms with Crippen molar-refractivity contribution in [2.75, 3.05) is 34.9 Å². The van der Waals surface area contributed by atoms with Crippen molar-refractivity contribution in [3.63, 3.8) is 0 Å². The Morgan fingerprint density at radius 1 is 0.963 bits per heavy atom. The van der Waals surface area contributed by atoms with Gasteiger partial charge in [-0.15, -0.1) is 0 Å². The number of hydrogen-bond acceptors (Lipinski definition) is 4. The second-order valence-electron chi connectivity index (χ2n) is 6.00. The molecule has 0 aliphatic rings. The predicted octanol–water partition coefficient (Wildman–Crippen LogP) is 3.24. The molecule has 0 saturated heterocycles. The summed E-state index contributed by atoms with van der Waals surface area (Å²) in [6.07, 6.45) is 0.650. The van der Waals surface area contributed by atoms with Crippen molar-refractivity contribution in [3.05, 3.63) is 53.3 Å². The number of nitrogens with one attached hydrogen (secondary N) is 1. The average molecular weight is 376 g/mol. The van der Waals surface area contributed by atoms with Crippen LogP contribution in [0.1, 0.15) is 11.1 Å². The largest absolute Gasteiger partial charge is 0.494 e. The van der Waals surface area contributed by atoms with Crippen LogP contribution in [0.3, 0.4) is 0 Å². The van der Waals surface area contributed by atoms with Crippen LogP contribution in [0.2, 0.25) is 0 Å². The highest BCUT2D eigenvalue weighted by atomic mass is 19.1. The fourth-order valence-corrected chi connectivity index (χ4v) is 2.64. The van der Waals surface area contributed by atoms with E-state index in [0.29, 0.717) is 36.6 Å². The second-order valence-corrected chi connectivity index (χ2v) is 6.00. The first-order valence-electron chi connectivity index (χ1n) is 8.50. The minimum atomic E-state index is -0.447. The SMILES string of the molecule is COc1ccc(CN(C)C(=O)NCCc2ccc(OC)c(OC)c2)cc1F. The molecule has 0 radical (unpaired) electrons. The van der Waals surface area contributed by atoms with Crippen molar-refractivity contribution in [3.8, 4) is 17.2 Å². The molecule has 7 heteroatoms. The lowest BCUT2D eigenvalue weighted by Gasteiger charge is -2.18. The molecule has 146 valence electrons. The van der Waals surface area contributed by atoms with Gasteiger partial charge in [-0.05, 0) is 41.8 Å². The summed E-state index contributed by atoms with van der Waals surface area (Å²) in [5.74, 6) is 1.05. The Hall–Kier alpha value is -2.96. The van der Waals surface area contributed by atoms with E-state index in [2.05, 4.69) is 5.32 Å². The van der Waals surface area contributed by atoms with Crippen LogP contribution in [0.25, 0.3) is 0 Å². The number of halogens is 1. The molecule has 0 aliphatic heterocycles. The Labute approximate surface area is 158 Å². The summed E-state index contributed by atoms with van der Waals surface area (Å²) in [5.41, 5.74) is 1.71. The molecule has 0 saturated carbocycles. The van der Waals surface area contributed by atoms with E-state index in [4.69, 9.17) is 14.2 Å². The fourth-order valence-electron chi connectivity index (χ4n) is 2.64. The maximum atomic E-state index is 13.7. The molecule has 0 aliphatic carbocycles. The molecule has 0 fully saturated rings. The summed E-state index contributed by atoms with van der Waals surface area (Å²) in [6.45, 7) is 0.763. The lowest BCUT2D eigenvalue weighted by Crippen LogP contribution is -2.37. The summed E-state index contributed by atoms with van der Waals surface area (Å²) < 4.78 is 29.1. The van der Waals surface area contributed by atoms with E-state index in [1.807, 2.05) is 18.2 Å². The summed E-state index contributed by atoms with van der Waals surface area (Å²) >= 11 is 0. The summed E-state index contributed by atoms with van der Waals surface area (Å²) in [6, 6.07) is 10.1. The molecule has 0 bridgehead atoms. The van der Waals surface area contributed by atoms with E-state index in [1.165, 1.54) is 18.1 Å². The van der Waals surface area contributed by atoms with Crippen molar-refractivity contribution < 1.29 is 23.4 Å². The molecule has 2 aromatic rings. The molecule has 0 aromatic heterocycles. The Bertz CT molecular complexity index is 783.